The van der Waals surface area contributed by atoms with Crippen molar-refractivity contribution in [1.82, 2.24) is 19.3 Å². The lowest BCUT2D eigenvalue weighted by molar-refractivity contribution is 0.0663. The minimum absolute atomic E-state index is 0.0139. The van der Waals surface area contributed by atoms with Crippen molar-refractivity contribution in [2.45, 2.75) is 46.6 Å². The van der Waals surface area contributed by atoms with E-state index in [1.807, 2.05) is 35.4 Å². The largest absolute Gasteiger partial charge is 0.381 e. The molecule has 0 radical (unpaired) electrons. The van der Waals surface area contributed by atoms with Crippen LogP contribution < -0.4 is 5.56 Å². The summed E-state index contributed by atoms with van der Waals surface area (Å²) >= 11 is 0. The molecule has 0 bridgehead atoms. The number of aryl methyl sites for hydroxylation is 1. The van der Waals surface area contributed by atoms with Gasteiger partial charge in [0.2, 0.25) is 0 Å². The number of hydrogen-bond acceptors (Lipinski definition) is 4. The number of pyridine rings is 2. The van der Waals surface area contributed by atoms with Gasteiger partial charge in [-0.15, -0.1) is 0 Å². The average Bonchev–Trinajstić information content (AvgIpc) is 3.20. The van der Waals surface area contributed by atoms with Gasteiger partial charge in [-0.25, -0.2) is 4.68 Å². The maximum Gasteiger partial charge on any atom is 0.250 e. The molecule has 0 amide bonds. The Morgan fingerprint density at radius 1 is 1.20 bits per heavy atom. The molecule has 4 rings (SSSR count). The maximum absolute atomic E-state index is 12.1. The van der Waals surface area contributed by atoms with Gasteiger partial charge in [-0.3, -0.25) is 9.78 Å². The lowest BCUT2D eigenvalue weighted by atomic mass is 9.94. The Morgan fingerprint density at radius 3 is 2.73 bits per heavy atom. The zero-order chi connectivity index (χ0) is 21.1. The van der Waals surface area contributed by atoms with E-state index in [2.05, 4.69) is 26.8 Å². The summed E-state index contributed by atoms with van der Waals surface area (Å²) in [6.07, 6.45) is 9.00. The van der Waals surface area contributed by atoms with Gasteiger partial charge in [0.05, 0.1) is 11.4 Å². The van der Waals surface area contributed by atoms with Crippen LogP contribution in [0.25, 0.3) is 16.9 Å². The predicted molar refractivity (Wildman–Crippen MR) is 118 cm³/mol. The van der Waals surface area contributed by atoms with Crippen LogP contribution in [0.3, 0.4) is 0 Å². The standard InChI is InChI=1S/C24H30N4O2/c1-17(2)15-27-16-21(4-5-24(27)29)28-9-6-23(26-28)22-14-25-20(12-18(22)3)13-19-7-10-30-11-8-19/h4-6,9,12,14,16-17,19H,7-8,10-11,13,15H2,1-3H3. The highest BCUT2D eigenvalue weighted by Gasteiger charge is 2.16. The van der Waals surface area contributed by atoms with E-state index in [-0.39, 0.29) is 5.56 Å². The first-order valence-corrected chi connectivity index (χ1v) is 10.8. The van der Waals surface area contributed by atoms with Crippen molar-refractivity contribution < 1.29 is 4.74 Å². The van der Waals surface area contributed by atoms with E-state index in [1.165, 1.54) is 5.56 Å². The van der Waals surface area contributed by atoms with Crippen LogP contribution in [0.5, 0.6) is 0 Å². The van der Waals surface area contributed by atoms with E-state index in [0.717, 1.165) is 55.1 Å². The van der Waals surface area contributed by atoms with Crippen LogP contribution in [0.1, 0.15) is 37.9 Å². The monoisotopic (exact) mass is 406 g/mol. The second-order valence-electron chi connectivity index (χ2n) is 8.67. The fourth-order valence-corrected chi connectivity index (χ4v) is 4.04. The Balaban J connectivity index is 1.54. The highest BCUT2D eigenvalue weighted by Crippen LogP contribution is 2.25. The van der Waals surface area contributed by atoms with Gasteiger partial charge in [-0.05, 0) is 61.8 Å². The van der Waals surface area contributed by atoms with Crippen molar-refractivity contribution in [2.24, 2.45) is 11.8 Å². The molecule has 1 aliphatic heterocycles. The predicted octanol–water partition coefficient (Wildman–Crippen LogP) is 4.03. The molecule has 3 aromatic heterocycles. The summed E-state index contributed by atoms with van der Waals surface area (Å²) in [7, 11) is 0. The van der Waals surface area contributed by atoms with Crippen LogP contribution in [-0.2, 0) is 17.7 Å². The van der Waals surface area contributed by atoms with Crippen molar-refractivity contribution in [2.75, 3.05) is 13.2 Å². The van der Waals surface area contributed by atoms with Gasteiger partial charge < -0.3 is 9.30 Å². The lowest BCUT2D eigenvalue weighted by Crippen LogP contribution is -2.21. The Labute approximate surface area is 177 Å². The third-order valence-electron chi connectivity index (χ3n) is 5.67. The third-order valence-corrected chi connectivity index (χ3v) is 5.67. The highest BCUT2D eigenvalue weighted by molar-refractivity contribution is 5.62. The number of rotatable bonds is 6. The van der Waals surface area contributed by atoms with Gasteiger partial charge in [0.1, 0.15) is 0 Å². The first-order chi connectivity index (χ1) is 14.5. The molecule has 0 N–H and O–H groups in total. The van der Waals surface area contributed by atoms with E-state index in [9.17, 15) is 4.79 Å². The van der Waals surface area contributed by atoms with Crippen LogP contribution in [0, 0.1) is 18.8 Å². The van der Waals surface area contributed by atoms with Gasteiger partial charge in [0.15, 0.2) is 0 Å². The highest BCUT2D eigenvalue weighted by atomic mass is 16.5. The number of hydrogen-bond donors (Lipinski definition) is 0. The van der Waals surface area contributed by atoms with Crippen molar-refractivity contribution >= 4 is 0 Å². The smallest absolute Gasteiger partial charge is 0.250 e. The topological polar surface area (TPSA) is 61.9 Å². The summed E-state index contributed by atoms with van der Waals surface area (Å²) in [6.45, 7) is 8.75. The van der Waals surface area contributed by atoms with E-state index in [0.29, 0.717) is 18.4 Å². The molecule has 1 saturated heterocycles. The molecular weight excluding hydrogens is 376 g/mol. The Bertz CT molecular complexity index is 1060. The Kier molecular flexibility index (Phi) is 6.13. The zero-order valence-corrected chi connectivity index (χ0v) is 18.0. The first kappa shape index (κ1) is 20.5. The van der Waals surface area contributed by atoms with Gasteiger partial charge in [0, 0.05) is 55.7 Å². The second-order valence-corrected chi connectivity index (χ2v) is 8.67. The van der Waals surface area contributed by atoms with E-state index in [1.54, 1.807) is 10.6 Å². The second kappa shape index (κ2) is 8.96. The van der Waals surface area contributed by atoms with Gasteiger partial charge in [-0.2, -0.15) is 5.10 Å². The zero-order valence-electron chi connectivity index (χ0n) is 18.0. The summed E-state index contributed by atoms with van der Waals surface area (Å²) in [5.41, 5.74) is 5.15. The van der Waals surface area contributed by atoms with E-state index >= 15 is 0 Å². The van der Waals surface area contributed by atoms with Gasteiger partial charge in [-0.1, -0.05) is 13.8 Å². The summed E-state index contributed by atoms with van der Waals surface area (Å²) in [4.78, 5) is 16.8. The molecule has 0 unspecified atom stereocenters. The molecule has 0 atom stereocenters. The molecule has 3 aromatic rings. The lowest BCUT2D eigenvalue weighted by Gasteiger charge is -2.21. The number of aromatic nitrogens is 4. The third kappa shape index (κ3) is 4.70. The van der Waals surface area contributed by atoms with Crippen LogP contribution in [0.2, 0.25) is 0 Å². The van der Waals surface area contributed by atoms with E-state index < -0.39 is 0 Å². The quantitative estimate of drug-likeness (QED) is 0.620. The van der Waals surface area contributed by atoms with Gasteiger partial charge in [0.25, 0.3) is 5.56 Å². The fourth-order valence-electron chi connectivity index (χ4n) is 4.04. The maximum atomic E-state index is 12.1. The molecule has 158 valence electrons. The summed E-state index contributed by atoms with van der Waals surface area (Å²) in [5, 5.41) is 4.75. The molecule has 6 heteroatoms. The average molecular weight is 407 g/mol. The normalized spacial score (nSPS) is 15.1. The minimum atomic E-state index is 0.0139. The van der Waals surface area contributed by atoms with Crippen LogP contribution in [-0.4, -0.2) is 32.5 Å². The molecule has 0 aromatic carbocycles. The summed E-state index contributed by atoms with van der Waals surface area (Å²) in [6, 6.07) is 7.61. The first-order valence-electron chi connectivity index (χ1n) is 10.8. The molecular formula is C24H30N4O2. The SMILES string of the molecule is Cc1cc(CC2CCOCC2)ncc1-c1ccn(-c2ccc(=O)n(CC(C)C)c2)n1. The van der Waals surface area contributed by atoms with Crippen molar-refractivity contribution in [3.05, 3.63) is 64.5 Å². The van der Waals surface area contributed by atoms with Crippen LogP contribution in [0.4, 0.5) is 0 Å². The van der Waals surface area contributed by atoms with Crippen LogP contribution in [0.15, 0.2) is 47.7 Å². The molecule has 0 spiro atoms. The molecule has 1 fully saturated rings. The minimum Gasteiger partial charge on any atom is -0.381 e. The van der Waals surface area contributed by atoms with E-state index in [4.69, 9.17) is 14.8 Å². The van der Waals surface area contributed by atoms with Crippen molar-refractivity contribution in [3.8, 4) is 16.9 Å². The van der Waals surface area contributed by atoms with Crippen molar-refractivity contribution in [1.29, 1.82) is 0 Å². The summed E-state index contributed by atoms with van der Waals surface area (Å²) in [5.74, 6) is 1.07. The van der Waals surface area contributed by atoms with Crippen LogP contribution >= 0.6 is 0 Å². The van der Waals surface area contributed by atoms with Crippen molar-refractivity contribution in [3.63, 3.8) is 0 Å². The molecule has 6 nitrogen and oxygen atoms in total. The number of ether oxygens (including phenoxy) is 1. The number of nitrogens with zero attached hydrogens (tertiary/aromatic N) is 4. The molecule has 1 aliphatic rings. The molecule has 0 aliphatic carbocycles. The Morgan fingerprint density at radius 2 is 2.00 bits per heavy atom. The molecule has 0 saturated carbocycles. The Hall–Kier alpha value is -2.73. The summed E-state index contributed by atoms with van der Waals surface area (Å²) < 4.78 is 9.03. The fraction of sp³-hybridized carbons (Fsp3) is 0.458. The molecule has 4 heterocycles. The van der Waals surface area contributed by atoms with Gasteiger partial charge >= 0.3 is 0 Å². The molecule has 30 heavy (non-hydrogen) atoms.